The predicted molar refractivity (Wildman–Crippen MR) is 144 cm³/mol. The van der Waals surface area contributed by atoms with E-state index in [4.69, 9.17) is 4.98 Å². The van der Waals surface area contributed by atoms with E-state index in [1.807, 2.05) is 20.0 Å². The lowest BCUT2D eigenvalue weighted by molar-refractivity contribution is 0.373. The van der Waals surface area contributed by atoms with Crippen LogP contribution in [0.5, 0.6) is 0 Å². The van der Waals surface area contributed by atoms with E-state index in [0.717, 1.165) is 36.3 Å². The minimum atomic E-state index is 0.0296. The van der Waals surface area contributed by atoms with Crippen LogP contribution in [0.1, 0.15) is 107 Å². The Morgan fingerprint density at radius 3 is 1.80 bits per heavy atom. The number of pyridine rings is 2. The highest BCUT2D eigenvalue weighted by molar-refractivity contribution is 5.28. The average Bonchev–Trinajstić information content (AvgIpc) is 3.57. The van der Waals surface area contributed by atoms with E-state index in [1.54, 1.807) is 0 Å². The molecule has 3 heterocycles. The Kier molecular flexibility index (Phi) is 6.87. The van der Waals surface area contributed by atoms with E-state index >= 15 is 0 Å². The highest BCUT2D eigenvalue weighted by Gasteiger charge is 2.43. The fourth-order valence-corrected chi connectivity index (χ4v) is 5.16. The molecule has 0 bridgehead atoms. The van der Waals surface area contributed by atoms with Crippen LogP contribution in [-0.4, -0.2) is 20.2 Å². The van der Waals surface area contributed by atoms with Crippen molar-refractivity contribution >= 4 is 0 Å². The number of nitrogens with zero attached hydrogens (tertiary/aromatic N) is 4. The Balaban J connectivity index is 1.36. The summed E-state index contributed by atoms with van der Waals surface area (Å²) in [7, 11) is 0. The van der Waals surface area contributed by atoms with Gasteiger partial charge in [0, 0.05) is 35.1 Å². The Morgan fingerprint density at radius 1 is 0.686 bits per heavy atom. The summed E-state index contributed by atoms with van der Waals surface area (Å²) in [5.41, 5.74) is 7.21. The van der Waals surface area contributed by atoms with Gasteiger partial charge in [-0.15, -0.1) is 0 Å². The summed E-state index contributed by atoms with van der Waals surface area (Å²) >= 11 is 0. The first-order chi connectivity index (χ1) is 16.4. The maximum absolute atomic E-state index is 4.95. The maximum Gasteiger partial charge on any atom is 0.0687 e. The van der Waals surface area contributed by atoms with Crippen LogP contribution in [0.2, 0.25) is 0 Å². The molecule has 1 fully saturated rings. The Bertz CT molecular complexity index is 1130. The number of aryl methyl sites for hydroxylation is 2. The van der Waals surface area contributed by atoms with Gasteiger partial charge >= 0.3 is 0 Å². The summed E-state index contributed by atoms with van der Waals surface area (Å²) in [6.45, 7) is 17.9. The van der Waals surface area contributed by atoms with Crippen LogP contribution in [-0.2, 0) is 16.2 Å². The molecule has 1 aliphatic rings. The summed E-state index contributed by atoms with van der Waals surface area (Å²) < 4.78 is 0. The fraction of sp³-hybridized carbons (Fsp3) is 0.548. The molecule has 0 aromatic carbocycles. The van der Waals surface area contributed by atoms with E-state index in [0.29, 0.717) is 11.8 Å². The second-order valence-corrected chi connectivity index (χ2v) is 12.7. The van der Waals surface area contributed by atoms with Crippen molar-refractivity contribution in [1.29, 1.82) is 0 Å². The first-order valence-electron chi connectivity index (χ1n) is 13.1. The third kappa shape index (κ3) is 5.97. The van der Waals surface area contributed by atoms with E-state index < -0.39 is 0 Å². The van der Waals surface area contributed by atoms with Crippen molar-refractivity contribution in [2.45, 2.75) is 103 Å². The van der Waals surface area contributed by atoms with Gasteiger partial charge in [0.05, 0.1) is 11.4 Å². The topological polar surface area (TPSA) is 51.6 Å². The van der Waals surface area contributed by atoms with Crippen LogP contribution in [0.4, 0.5) is 0 Å². The Morgan fingerprint density at radius 2 is 1.29 bits per heavy atom. The van der Waals surface area contributed by atoms with E-state index in [1.165, 1.54) is 23.2 Å². The van der Waals surface area contributed by atoms with Gasteiger partial charge in [0.15, 0.2) is 0 Å². The van der Waals surface area contributed by atoms with Gasteiger partial charge in [-0.05, 0) is 91.7 Å². The van der Waals surface area contributed by atoms with Gasteiger partial charge in [-0.2, -0.15) is 10.2 Å². The van der Waals surface area contributed by atoms with Crippen LogP contribution >= 0.6 is 0 Å². The average molecular weight is 471 g/mol. The van der Waals surface area contributed by atoms with Crippen molar-refractivity contribution in [2.75, 3.05) is 0 Å². The smallest absolute Gasteiger partial charge is 0.0687 e. The number of rotatable bonds is 9. The van der Waals surface area contributed by atoms with Crippen LogP contribution in [0.3, 0.4) is 0 Å². The van der Waals surface area contributed by atoms with Crippen molar-refractivity contribution in [2.24, 2.45) is 5.92 Å². The third-order valence-electron chi connectivity index (χ3n) is 8.20. The molecule has 0 N–H and O–H groups in total. The molecule has 3 aromatic heterocycles. The summed E-state index contributed by atoms with van der Waals surface area (Å²) in [4.78, 5) is 9.46. The van der Waals surface area contributed by atoms with Gasteiger partial charge in [0.2, 0.25) is 0 Å². The zero-order valence-corrected chi connectivity index (χ0v) is 22.9. The summed E-state index contributed by atoms with van der Waals surface area (Å²) in [5.74, 6) is 1.24. The second kappa shape index (κ2) is 9.44. The predicted octanol–water partition coefficient (Wildman–Crippen LogP) is 7.39. The molecule has 0 spiro atoms. The molecule has 35 heavy (non-hydrogen) atoms. The van der Waals surface area contributed by atoms with Crippen molar-refractivity contribution in [3.05, 3.63) is 82.7 Å². The molecular formula is C31H42N4. The van der Waals surface area contributed by atoms with Gasteiger partial charge in [0.1, 0.15) is 0 Å². The van der Waals surface area contributed by atoms with Crippen LogP contribution in [0.15, 0.2) is 48.8 Å². The van der Waals surface area contributed by atoms with Crippen molar-refractivity contribution in [3.8, 4) is 0 Å². The Labute approximate surface area is 212 Å². The molecule has 0 amide bonds. The molecule has 2 atom stereocenters. The highest BCUT2D eigenvalue weighted by atomic mass is 15.1. The zero-order valence-electron chi connectivity index (χ0n) is 22.9. The molecule has 4 rings (SSSR count). The molecule has 4 nitrogen and oxygen atoms in total. The number of hydrogen-bond acceptors (Lipinski definition) is 4. The van der Waals surface area contributed by atoms with Gasteiger partial charge in [-0.3, -0.25) is 9.97 Å². The SMILES string of the molecule is Cc1ccc(C(C)(C)CCC(C)(C)c2ccc(C3CC3CC(C)(C)c3ccc(C)nn3)nc2)cn1. The number of aromatic nitrogens is 4. The van der Waals surface area contributed by atoms with E-state index in [2.05, 4.69) is 99.3 Å². The second-order valence-electron chi connectivity index (χ2n) is 12.7. The lowest BCUT2D eigenvalue weighted by atomic mass is 9.73. The molecule has 0 saturated heterocycles. The number of hydrogen-bond donors (Lipinski definition) is 0. The molecule has 0 radical (unpaired) electrons. The highest BCUT2D eigenvalue weighted by Crippen LogP contribution is 2.52. The molecule has 186 valence electrons. The first-order valence-corrected chi connectivity index (χ1v) is 13.1. The molecule has 2 unspecified atom stereocenters. The minimum Gasteiger partial charge on any atom is -0.261 e. The monoisotopic (exact) mass is 470 g/mol. The molecular weight excluding hydrogens is 428 g/mol. The fourth-order valence-electron chi connectivity index (χ4n) is 5.16. The van der Waals surface area contributed by atoms with E-state index in [9.17, 15) is 0 Å². The molecule has 0 aliphatic heterocycles. The summed E-state index contributed by atoms with van der Waals surface area (Å²) in [6, 6.07) is 13.1. The van der Waals surface area contributed by atoms with Gasteiger partial charge in [0.25, 0.3) is 0 Å². The molecule has 3 aromatic rings. The maximum atomic E-state index is 4.95. The quantitative estimate of drug-likeness (QED) is 0.327. The lowest BCUT2D eigenvalue weighted by Gasteiger charge is -2.32. The third-order valence-corrected chi connectivity index (χ3v) is 8.20. The molecule has 1 saturated carbocycles. The van der Waals surface area contributed by atoms with Gasteiger partial charge in [-0.1, -0.05) is 53.7 Å². The van der Waals surface area contributed by atoms with Crippen molar-refractivity contribution < 1.29 is 0 Å². The zero-order chi connectivity index (χ0) is 25.4. The van der Waals surface area contributed by atoms with Crippen LogP contribution in [0, 0.1) is 19.8 Å². The summed E-state index contributed by atoms with van der Waals surface area (Å²) in [6.07, 6.45) is 8.71. The normalized spacial score (nSPS) is 18.5. The Hall–Kier alpha value is -2.62. The van der Waals surface area contributed by atoms with Gasteiger partial charge < -0.3 is 0 Å². The molecule has 1 aliphatic carbocycles. The van der Waals surface area contributed by atoms with E-state index in [-0.39, 0.29) is 16.2 Å². The minimum absolute atomic E-state index is 0.0296. The lowest BCUT2D eigenvalue weighted by Crippen LogP contribution is -2.24. The van der Waals surface area contributed by atoms with Crippen molar-refractivity contribution in [3.63, 3.8) is 0 Å². The summed E-state index contributed by atoms with van der Waals surface area (Å²) in [5, 5.41) is 8.72. The van der Waals surface area contributed by atoms with Crippen LogP contribution in [0.25, 0.3) is 0 Å². The molecule has 4 heteroatoms. The van der Waals surface area contributed by atoms with Crippen LogP contribution < -0.4 is 0 Å². The first kappa shape index (κ1) is 25.5. The largest absolute Gasteiger partial charge is 0.261 e. The standard InChI is InChI=1S/C31H42N4/c1-21-9-11-24(19-32-21)29(3,4)15-16-30(5,6)25-12-13-27(33-20-25)26-17-23(26)18-31(7,8)28-14-10-22(2)34-35-28/h9-14,19-20,23,26H,15-18H2,1-8H3. The van der Waals surface area contributed by atoms with Crippen molar-refractivity contribution in [1.82, 2.24) is 20.2 Å². The van der Waals surface area contributed by atoms with Gasteiger partial charge in [-0.25, -0.2) is 0 Å².